The Morgan fingerprint density at radius 3 is 2.28 bits per heavy atom. The summed E-state index contributed by atoms with van der Waals surface area (Å²) in [5.41, 5.74) is 1.18. The van der Waals surface area contributed by atoms with E-state index in [9.17, 15) is 8.42 Å². The number of aromatic nitrogens is 1. The number of hydrogen-bond acceptors (Lipinski definition) is 6. The number of fused-ring (bicyclic) bond motifs is 1. The van der Waals surface area contributed by atoms with Crippen LogP contribution >= 0.6 is 11.8 Å². The molecule has 0 amide bonds. The van der Waals surface area contributed by atoms with Gasteiger partial charge in [0.1, 0.15) is 0 Å². The second-order valence-corrected chi connectivity index (χ2v) is 7.92. The van der Waals surface area contributed by atoms with Crippen LogP contribution < -0.4 is 0 Å². The molecule has 1 aromatic heterocycles. The molecule has 0 saturated heterocycles. The van der Waals surface area contributed by atoms with Crippen molar-refractivity contribution in [2.75, 3.05) is 20.5 Å². The molecule has 2 rings (SSSR count). The summed E-state index contributed by atoms with van der Waals surface area (Å²) in [6.07, 6.45) is 2.09. The fraction of sp³-hybridized carbons (Fsp3) is 0.300. The first-order chi connectivity index (χ1) is 8.52. The molecule has 5 nitrogen and oxygen atoms in total. The normalized spacial score (nSPS) is 11.1. The van der Waals surface area contributed by atoms with E-state index < -0.39 is 10.4 Å². The summed E-state index contributed by atoms with van der Waals surface area (Å²) in [4.78, 5) is 4.48. The van der Waals surface area contributed by atoms with Crippen molar-refractivity contribution in [2.24, 2.45) is 0 Å². The van der Waals surface area contributed by atoms with Gasteiger partial charge in [-0.05, 0) is 0 Å². The summed E-state index contributed by atoms with van der Waals surface area (Å²) in [6.45, 7) is 0. The van der Waals surface area contributed by atoms with E-state index in [-0.39, 0.29) is 0 Å². The summed E-state index contributed by atoms with van der Waals surface area (Å²) < 4.78 is 30.2. The Hall–Kier alpha value is -0.371. The van der Waals surface area contributed by atoms with Crippen molar-refractivity contribution in [3.63, 3.8) is 0 Å². The zero-order valence-electron chi connectivity index (χ0n) is 10.1. The first-order valence-electron chi connectivity index (χ1n) is 4.78. The third kappa shape index (κ3) is 4.72. The van der Waals surface area contributed by atoms with Crippen LogP contribution in [-0.4, -0.2) is 48.4 Å². The van der Waals surface area contributed by atoms with Crippen LogP contribution in [-0.2, 0) is 18.8 Å². The van der Waals surface area contributed by atoms with Crippen molar-refractivity contribution in [2.45, 2.75) is 3.90 Å². The van der Waals surface area contributed by atoms with Gasteiger partial charge in [0.05, 0.1) is 14.2 Å². The summed E-state index contributed by atoms with van der Waals surface area (Å²) >= 11 is 2.25. The van der Waals surface area contributed by atoms with Gasteiger partial charge in [-0.25, -0.2) is 0 Å². The van der Waals surface area contributed by atoms with Crippen LogP contribution in [0.2, 0.25) is 0 Å². The fourth-order valence-corrected chi connectivity index (χ4v) is 3.87. The van der Waals surface area contributed by atoms with E-state index in [2.05, 4.69) is 37.8 Å². The SMILES string of the molecule is COS(=O)(=O)OC.CSc1nc2ccccc2[se]1. The van der Waals surface area contributed by atoms with Crippen LogP contribution in [0.3, 0.4) is 0 Å². The Morgan fingerprint density at radius 2 is 1.83 bits per heavy atom. The van der Waals surface area contributed by atoms with Crippen LogP contribution in [0.4, 0.5) is 0 Å². The van der Waals surface area contributed by atoms with Gasteiger partial charge in [0.25, 0.3) is 0 Å². The van der Waals surface area contributed by atoms with Gasteiger partial charge in [-0.15, -0.1) is 0 Å². The molecule has 0 atom stereocenters. The Morgan fingerprint density at radius 1 is 1.22 bits per heavy atom. The molecular formula is C10H13NO4S2Se. The molecule has 1 heterocycles. The molecule has 18 heavy (non-hydrogen) atoms. The molecule has 0 radical (unpaired) electrons. The number of para-hydroxylation sites is 1. The van der Waals surface area contributed by atoms with Crippen molar-refractivity contribution >= 4 is 46.4 Å². The van der Waals surface area contributed by atoms with Gasteiger partial charge in [-0.3, -0.25) is 8.37 Å². The number of nitrogens with zero attached hydrogens (tertiary/aromatic N) is 1. The van der Waals surface area contributed by atoms with E-state index in [4.69, 9.17) is 0 Å². The quantitative estimate of drug-likeness (QED) is 0.615. The standard InChI is InChI=1S/C8H7NSSe.C2H6O4S/c1-10-8-9-6-4-2-3-5-7(6)11-8;1-5-7(3,4)6-2/h2-5H,1H3;1-2H3. The van der Waals surface area contributed by atoms with Crippen molar-refractivity contribution in [1.29, 1.82) is 0 Å². The van der Waals surface area contributed by atoms with Crippen molar-refractivity contribution in [3.8, 4) is 0 Å². The second-order valence-electron chi connectivity index (χ2n) is 2.89. The van der Waals surface area contributed by atoms with Crippen LogP contribution in [0, 0.1) is 0 Å². The van der Waals surface area contributed by atoms with E-state index in [0.29, 0.717) is 14.5 Å². The molecule has 0 bridgehead atoms. The maximum absolute atomic E-state index is 9.92. The molecule has 8 heteroatoms. The molecule has 0 unspecified atom stereocenters. The zero-order valence-corrected chi connectivity index (χ0v) is 13.5. The third-order valence-electron chi connectivity index (χ3n) is 1.86. The van der Waals surface area contributed by atoms with Gasteiger partial charge in [0, 0.05) is 0 Å². The maximum atomic E-state index is 9.92. The van der Waals surface area contributed by atoms with Gasteiger partial charge in [-0.1, -0.05) is 0 Å². The van der Waals surface area contributed by atoms with Gasteiger partial charge in [-0.2, -0.15) is 8.42 Å². The molecule has 0 spiro atoms. The van der Waals surface area contributed by atoms with Gasteiger partial charge in [0.2, 0.25) is 0 Å². The summed E-state index contributed by atoms with van der Waals surface area (Å²) in [5, 5.41) is 0. The number of rotatable bonds is 3. The first-order valence-corrected chi connectivity index (χ1v) is 9.05. The number of benzene rings is 1. The molecular weight excluding hydrogens is 341 g/mol. The number of hydrogen-bond donors (Lipinski definition) is 0. The van der Waals surface area contributed by atoms with E-state index in [1.54, 1.807) is 11.8 Å². The van der Waals surface area contributed by atoms with E-state index >= 15 is 0 Å². The minimum absolute atomic E-state index is 0.482. The number of thioether (sulfide) groups is 1. The van der Waals surface area contributed by atoms with Crippen molar-refractivity contribution in [3.05, 3.63) is 24.3 Å². The average molecular weight is 354 g/mol. The van der Waals surface area contributed by atoms with Gasteiger partial charge in [0.15, 0.2) is 0 Å². The third-order valence-corrected chi connectivity index (χ3v) is 6.34. The van der Waals surface area contributed by atoms with Crippen LogP contribution in [0.25, 0.3) is 9.78 Å². The fourth-order valence-electron chi connectivity index (χ4n) is 1.01. The minimum atomic E-state index is -3.66. The molecule has 0 aliphatic carbocycles. The molecule has 1 aromatic carbocycles. The predicted octanol–water partition coefficient (Wildman–Crippen LogP) is 1.54. The Kier molecular flexibility index (Phi) is 6.34. The predicted molar refractivity (Wildman–Crippen MR) is 73.4 cm³/mol. The topological polar surface area (TPSA) is 65.5 Å². The second kappa shape index (κ2) is 7.28. The summed E-state index contributed by atoms with van der Waals surface area (Å²) in [7, 11) is -1.60. The van der Waals surface area contributed by atoms with Crippen LogP contribution in [0.5, 0.6) is 0 Å². The molecule has 0 aliphatic heterocycles. The van der Waals surface area contributed by atoms with Crippen molar-refractivity contribution in [1.82, 2.24) is 4.98 Å². The summed E-state index contributed by atoms with van der Waals surface area (Å²) in [6, 6.07) is 8.38. The van der Waals surface area contributed by atoms with E-state index in [0.717, 1.165) is 14.2 Å². The molecule has 0 fully saturated rings. The molecule has 2 aromatic rings. The zero-order chi connectivity index (χ0) is 13.6. The Bertz CT molecular complexity index is 554. The molecule has 100 valence electrons. The average Bonchev–Trinajstić information content (AvgIpc) is 2.82. The van der Waals surface area contributed by atoms with E-state index in [1.807, 2.05) is 6.07 Å². The van der Waals surface area contributed by atoms with Crippen LogP contribution in [0.1, 0.15) is 0 Å². The van der Waals surface area contributed by atoms with Crippen LogP contribution in [0.15, 0.2) is 28.2 Å². The molecule has 0 saturated carbocycles. The van der Waals surface area contributed by atoms with Crippen molar-refractivity contribution < 1.29 is 16.8 Å². The Labute approximate surface area is 117 Å². The first kappa shape index (κ1) is 15.7. The molecule has 0 aliphatic rings. The Balaban J connectivity index is 0.000000203. The van der Waals surface area contributed by atoms with E-state index in [1.165, 1.54) is 13.7 Å². The van der Waals surface area contributed by atoms with Gasteiger partial charge >= 0.3 is 85.8 Å². The monoisotopic (exact) mass is 355 g/mol. The van der Waals surface area contributed by atoms with Gasteiger partial charge < -0.3 is 0 Å². The summed E-state index contributed by atoms with van der Waals surface area (Å²) in [5.74, 6) is 0. The molecule has 0 N–H and O–H groups in total.